The highest BCUT2D eigenvalue weighted by molar-refractivity contribution is 5.77. The molecule has 0 amide bonds. The van der Waals surface area contributed by atoms with Crippen molar-refractivity contribution < 1.29 is 18.3 Å². The van der Waals surface area contributed by atoms with Crippen LogP contribution in [0.2, 0.25) is 0 Å². The zero-order valence-corrected chi connectivity index (χ0v) is 13.3. The average Bonchev–Trinajstić information content (AvgIpc) is 2.91. The van der Waals surface area contributed by atoms with Gasteiger partial charge in [-0.2, -0.15) is 13.9 Å². The fourth-order valence-electron chi connectivity index (χ4n) is 4.27. The summed E-state index contributed by atoms with van der Waals surface area (Å²) in [6.07, 6.45) is 4.79. The molecule has 22 heavy (non-hydrogen) atoms. The van der Waals surface area contributed by atoms with Crippen LogP contribution >= 0.6 is 0 Å². The number of fused-ring (bicyclic) bond motifs is 3. The molecule has 0 N–H and O–H groups in total. The zero-order valence-electron chi connectivity index (χ0n) is 13.3. The van der Waals surface area contributed by atoms with Crippen LogP contribution in [-0.2, 0) is 27.9 Å². The Morgan fingerprint density at radius 2 is 1.82 bits per heavy atom. The Balaban J connectivity index is 1.90. The lowest BCUT2D eigenvalue weighted by molar-refractivity contribution is -0.160. The van der Waals surface area contributed by atoms with E-state index >= 15 is 0 Å². The minimum Gasteiger partial charge on any atom is -0.469 e. The largest absolute Gasteiger partial charge is 0.469 e. The predicted octanol–water partition coefficient (Wildman–Crippen LogP) is 3.30. The molecule has 0 unspecified atom stereocenters. The van der Waals surface area contributed by atoms with Gasteiger partial charge < -0.3 is 4.74 Å². The van der Waals surface area contributed by atoms with E-state index in [1.54, 1.807) is 17.8 Å². The molecule has 1 aromatic rings. The Bertz CT molecular complexity index is 579. The number of rotatable bonds is 3. The van der Waals surface area contributed by atoms with Gasteiger partial charge in [0.15, 0.2) is 0 Å². The molecule has 4 nitrogen and oxygen atoms in total. The summed E-state index contributed by atoms with van der Waals surface area (Å²) in [4.78, 5) is 12.0. The number of ether oxygens (including phenoxy) is 1. The fraction of sp³-hybridized carbons (Fsp3) is 0.750. The van der Waals surface area contributed by atoms with Gasteiger partial charge in [0.2, 0.25) is 0 Å². The van der Waals surface area contributed by atoms with E-state index < -0.39 is 5.92 Å². The second-order valence-corrected chi connectivity index (χ2v) is 6.98. The first-order chi connectivity index (χ1) is 10.2. The molecule has 0 aliphatic heterocycles. The van der Waals surface area contributed by atoms with Crippen molar-refractivity contribution >= 4 is 5.97 Å². The summed E-state index contributed by atoms with van der Waals surface area (Å²) in [6.45, 7) is 0.876. The second kappa shape index (κ2) is 4.77. The van der Waals surface area contributed by atoms with Crippen molar-refractivity contribution in [3.05, 3.63) is 17.5 Å². The molecular weight excluding hydrogens is 290 g/mol. The Hall–Kier alpha value is -1.46. The Morgan fingerprint density at radius 1 is 1.27 bits per heavy atom. The molecule has 3 aliphatic rings. The van der Waals surface area contributed by atoms with Crippen LogP contribution in [0, 0.1) is 5.41 Å². The van der Waals surface area contributed by atoms with Gasteiger partial charge >= 0.3 is 5.97 Å². The number of carbonyl (C=O) groups excluding carboxylic acids is 1. The normalized spacial score (nSPS) is 31.3. The Labute approximate surface area is 128 Å². The average molecular weight is 312 g/mol. The summed E-state index contributed by atoms with van der Waals surface area (Å²) in [7, 11) is 3.17. The van der Waals surface area contributed by atoms with Crippen molar-refractivity contribution in [1.29, 1.82) is 0 Å². The topological polar surface area (TPSA) is 44.1 Å². The molecule has 6 heteroatoms. The molecule has 4 rings (SSSR count). The summed E-state index contributed by atoms with van der Waals surface area (Å²) in [5.74, 6) is -3.04. The van der Waals surface area contributed by atoms with Crippen LogP contribution in [0.1, 0.15) is 56.8 Å². The van der Waals surface area contributed by atoms with Crippen LogP contribution in [0.25, 0.3) is 0 Å². The standard InChI is InChI=1S/C16H22F2N2O2/c1-14(17,18)11-10-12(20(2)19-11)15-4-7-16(8-5-15,9-6-15)13(21)22-3/h10H,4-9H2,1-3H3. The maximum Gasteiger partial charge on any atom is 0.311 e. The molecule has 0 aromatic carbocycles. The SMILES string of the molecule is COC(=O)C12CCC(c3cc(C(C)(F)F)nn3C)(CC1)CC2. The van der Waals surface area contributed by atoms with Crippen LogP contribution in [0.4, 0.5) is 8.78 Å². The monoisotopic (exact) mass is 312 g/mol. The van der Waals surface area contributed by atoms with Crippen LogP contribution in [0.15, 0.2) is 6.07 Å². The molecule has 3 saturated carbocycles. The van der Waals surface area contributed by atoms with E-state index in [9.17, 15) is 13.6 Å². The smallest absolute Gasteiger partial charge is 0.311 e. The summed E-state index contributed by atoms with van der Waals surface area (Å²) in [5, 5.41) is 4.01. The molecular formula is C16H22F2N2O2. The van der Waals surface area contributed by atoms with E-state index in [4.69, 9.17) is 4.74 Å². The molecule has 0 saturated heterocycles. The Morgan fingerprint density at radius 3 is 2.23 bits per heavy atom. The van der Waals surface area contributed by atoms with Crippen molar-refractivity contribution in [2.45, 2.75) is 56.8 Å². The zero-order chi connectivity index (χ0) is 16.2. The fourth-order valence-corrected chi connectivity index (χ4v) is 4.27. The number of hydrogen-bond acceptors (Lipinski definition) is 3. The molecule has 1 aromatic heterocycles. The number of hydrogen-bond donors (Lipinski definition) is 0. The van der Waals surface area contributed by atoms with Crippen LogP contribution in [0.3, 0.4) is 0 Å². The van der Waals surface area contributed by atoms with E-state index in [2.05, 4.69) is 5.10 Å². The number of esters is 1. The van der Waals surface area contributed by atoms with E-state index in [-0.39, 0.29) is 22.5 Å². The minimum absolute atomic E-state index is 0.119. The highest BCUT2D eigenvalue weighted by Crippen LogP contribution is 2.58. The summed E-state index contributed by atoms with van der Waals surface area (Å²) in [6, 6.07) is 1.55. The number of nitrogens with zero attached hydrogens (tertiary/aromatic N) is 2. The van der Waals surface area contributed by atoms with E-state index in [0.717, 1.165) is 51.1 Å². The van der Waals surface area contributed by atoms with Gasteiger partial charge in [-0.1, -0.05) is 0 Å². The van der Waals surface area contributed by atoms with Gasteiger partial charge in [0.05, 0.1) is 12.5 Å². The van der Waals surface area contributed by atoms with E-state index in [1.807, 2.05) is 0 Å². The molecule has 3 aliphatic carbocycles. The maximum atomic E-state index is 13.5. The van der Waals surface area contributed by atoms with Crippen molar-refractivity contribution in [2.24, 2.45) is 12.5 Å². The van der Waals surface area contributed by atoms with Crippen molar-refractivity contribution in [1.82, 2.24) is 9.78 Å². The third-order valence-corrected chi connectivity index (χ3v) is 5.74. The van der Waals surface area contributed by atoms with Crippen LogP contribution < -0.4 is 0 Å². The molecule has 0 radical (unpaired) electrons. The number of carbonyl (C=O) groups is 1. The Kier molecular flexibility index (Phi) is 3.34. The quantitative estimate of drug-likeness (QED) is 0.804. The maximum absolute atomic E-state index is 13.5. The van der Waals surface area contributed by atoms with Crippen molar-refractivity contribution in [3.63, 3.8) is 0 Å². The highest BCUT2D eigenvalue weighted by atomic mass is 19.3. The van der Waals surface area contributed by atoms with Gasteiger partial charge in [-0.15, -0.1) is 0 Å². The lowest BCUT2D eigenvalue weighted by atomic mass is 9.52. The van der Waals surface area contributed by atoms with E-state index in [0.29, 0.717) is 0 Å². The molecule has 2 bridgehead atoms. The van der Waals surface area contributed by atoms with Crippen LogP contribution in [0.5, 0.6) is 0 Å². The molecule has 3 fully saturated rings. The highest BCUT2D eigenvalue weighted by Gasteiger charge is 2.54. The third kappa shape index (κ3) is 2.15. The number of methoxy groups -OCH3 is 1. The number of aromatic nitrogens is 2. The van der Waals surface area contributed by atoms with Crippen LogP contribution in [-0.4, -0.2) is 22.9 Å². The minimum atomic E-state index is -2.92. The second-order valence-electron chi connectivity index (χ2n) is 6.98. The van der Waals surface area contributed by atoms with Gasteiger partial charge in [0, 0.05) is 25.1 Å². The first-order valence-corrected chi connectivity index (χ1v) is 7.74. The summed E-state index contributed by atoms with van der Waals surface area (Å²) >= 11 is 0. The lowest BCUT2D eigenvalue weighted by Gasteiger charge is -2.51. The predicted molar refractivity (Wildman–Crippen MR) is 76.6 cm³/mol. The first-order valence-electron chi connectivity index (χ1n) is 7.74. The van der Waals surface area contributed by atoms with Crippen molar-refractivity contribution in [2.75, 3.05) is 7.11 Å². The van der Waals surface area contributed by atoms with Crippen molar-refractivity contribution in [3.8, 4) is 0 Å². The first kappa shape index (κ1) is 15.4. The van der Waals surface area contributed by atoms with Gasteiger partial charge in [0.1, 0.15) is 5.69 Å². The molecule has 122 valence electrons. The molecule has 0 spiro atoms. The molecule has 0 atom stereocenters. The number of alkyl halides is 2. The summed E-state index contributed by atoms with van der Waals surface area (Å²) < 4.78 is 33.6. The van der Waals surface area contributed by atoms with Gasteiger partial charge in [-0.3, -0.25) is 9.48 Å². The third-order valence-electron chi connectivity index (χ3n) is 5.74. The number of halogens is 2. The van der Waals surface area contributed by atoms with Gasteiger partial charge in [-0.25, -0.2) is 0 Å². The van der Waals surface area contributed by atoms with Gasteiger partial charge in [0.25, 0.3) is 5.92 Å². The van der Waals surface area contributed by atoms with Gasteiger partial charge in [-0.05, 0) is 44.6 Å². The summed E-state index contributed by atoms with van der Waals surface area (Å²) in [5.41, 5.74) is 0.227. The van der Waals surface area contributed by atoms with E-state index in [1.165, 1.54) is 7.11 Å². The number of aryl methyl sites for hydroxylation is 1. The molecule has 1 heterocycles. The lowest BCUT2D eigenvalue weighted by Crippen LogP contribution is -2.49.